The van der Waals surface area contributed by atoms with Crippen LogP contribution in [0.15, 0.2) is 24.5 Å². The van der Waals surface area contributed by atoms with Crippen molar-refractivity contribution in [2.75, 3.05) is 12.8 Å². The molecule has 72 valence electrons. The van der Waals surface area contributed by atoms with Crippen LogP contribution in [0.4, 0.5) is 5.69 Å². The van der Waals surface area contributed by atoms with Crippen molar-refractivity contribution in [3.8, 4) is 0 Å². The van der Waals surface area contributed by atoms with Crippen molar-refractivity contribution >= 4 is 17.3 Å². The molecule has 0 aliphatic rings. The summed E-state index contributed by atoms with van der Waals surface area (Å²) in [5.74, 6) is -0.452. The Bertz CT molecular complexity index is 490. The average molecular weight is 191 g/mol. The maximum absolute atomic E-state index is 11.1. The van der Waals surface area contributed by atoms with Crippen molar-refractivity contribution < 1.29 is 9.53 Å². The zero-order valence-electron chi connectivity index (χ0n) is 7.60. The molecule has 0 bridgehead atoms. The molecule has 0 saturated carbocycles. The van der Waals surface area contributed by atoms with Crippen molar-refractivity contribution in [3.05, 3.63) is 30.2 Å². The van der Waals surface area contributed by atoms with Gasteiger partial charge in [0.2, 0.25) is 0 Å². The molecular formula is C9H9N3O2. The molecule has 0 aliphatic heterocycles. The normalized spacial score (nSPS) is 10.4. The van der Waals surface area contributed by atoms with E-state index in [4.69, 9.17) is 5.73 Å². The van der Waals surface area contributed by atoms with Gasteiger partial charge < -0.3 is 14.9 Å². The van der Waals surface area contributed by atoms with Crippen LogP contribution in [0.25, 0.3) is 5.65 Å². The number of nitrogen functional groups attached to an aromatic ring is 1. The summed E-state index contributed by atoms with van der Waals surface area (Å²) in [6.07, 6.45) is 3.27. The summed E-state index contributed by atoms with van der Waals surface area (Å²) in [6.45, 7) is 0. The third-order valence-electron chi connectivity index (χ3n) is 1.87. The molecule has 0 atom stereocenters. The molecule has 5 nitrogen and oxygen atoms in total. The summed E-state index contributed by atoms with van der Waals surface area (Å²) in [6, 6.07) is 3.46. The van der Waals surface area contributed by atoms with Gasteiger partial charge in [0.25, 0.3) is 0 Å². The number of carbonyl (C=O) groups is 1. The Morgan fingerprint density at radius 1 is 1.50 bits per heavy atom. The second-order valence-electron chi connectivity index (χ2n) is 2.85. The minimum Gasteiger partial charge on any atom is -0.464 e. The molecule has 2 N–H and O–H groups in total. The van der Waals surface area contributed by atoms with Crippen LogP contribution in [0.5, 0.6) is 0 Å². The first-order chi connectivity index (χ1) is 6.70. The van der Waals surface area contributed by atoms with Gasteiger partial charge in [0.05, 0.1) is 7.11 Å². The number of hydrogen-bond acceptors (Lipinski definition) is 4. The summed E-state index contributed by atoms with van der Waals surface area (Å²) in [4.78, 5) is 15.2. The van der Waals surface area contributed by atoms with Gasteiger partial charge in [-0.1, -0.05) is 0 Å². The van der Waals surface area contributed by atoms with Crippen LogP contribution < -0.4 is 5.73 Å². The third kappa shape index (κ3) is 1.28. The number of fused-ring (bicyclic) bond motifs is 1. The highest BCUT2D eigenvalue weighted by Crippen LogP contribution is 2.09. The number of hydrogen-bond donors (Lipinski definition) is 1. The third-order valence-corrected chi connectivity index (χ3v) is 1.87. The lowest BCUT2D eigenvalue weighted by Gasteiger charge is -1.93. The zero-order valence-corrected chi connectivity index (χ0v) is 7.60. The Morgan fingerprint density at radius 2 is 2.29 bits per heavy atom. The second kappa shape index (κ2) is 3.02. The number of rotatable bonds is 1. The molecule has 2 heterocycles. The lowest BCUT2D eigenvalue weighted by atomic mass is 10.4. The fourth-order valence-electron chi connectivity index (χ4n) is 1.21. The maximum Gasteiger partial charge on any atom is 0.358 e. The number of ether oxygens (including phenoxy) is 1. The molecule has 2 rings (SSSR count). The lowest BCUT2D eigenvalue weighted by Crippen LogP contribution is -2.00. The topological polar surface area (TPSA) is 69.6 Å². The Labute approximate surface area is 80.1 Å². The van der Waals surface area contributed by atoms with E-state index in [1.165, 1.54) is 7.11 Å². The molecule has 0 aliphatic carbocycles. The van der Waals surface area contributed by atoms with Crippen molar-refractivity contribution in [1.29, 1.82) is 0 Å². The maximum atomic E-state index is 11.1. The zero-order chi connectivity index (χ0) is 10.1. The van der Waals surface area contributed by atoms with Gasteiger partial charge in [-0.3, -0.25) is 0 Å². The SMILES string of the molecule is COC(=O)c1cn2cc(N)ccc2n1. The van der Waals surface area contributed by atoms with Gasteiger partial charge in [-0.25, -0.2) is 9.78 Å². The van der Waals surface area contributed by atoms with Gasteiger partial charge >= 0.3 is 5.97 Å². The van der Waals surface area contributed by atoms with E-state index in [1.807, 2.05) is 0 Å². The molecule has 2 aromatic heterocycles. The van der Waals surface area contributed by atoms with Crippen molar-refractivity contribution in [3.63, 3.8) is 0 Å². The van der Waals surface area contributed by atoms with Crippen LogP contribution in [0.1, 0.15) is 10.5 Å². The van der Waals surface area contributed by atoms with E-state index < -0.39 is 5.97 Å². The standard InChI is InChI=1S/C9H9N3O2/c1-14-9(13)7-5-12-4-6(10)2-3-8(12)11-7/h2-5H,10H2,1H3. The highest BCUT2D eigenvalue weighted by Gasteiger charge is 2.09. The fraction of sp³-hybridized carbons (Fsp3) is 0.111. The van der Waals surface area contributed by atoms with Crippen LogP contribution in [0.2, 0.25) is 0 Å². The number of nitrogens with zero attached hydrogens (tertiary/aromatic N) is 2. The van der Waals surface area contributed by atoms with Gasteiger partial charge in [-0.15, -0.1) is 0 Å². The highest BCUT2D eigenvalue weighted by molar-refractivity contribution is 5.87. The quantitative estimate of drug-likeness (QED) is 0.674. The number of nitrogens with two attached hydrogens (primary N) is 1. The largest absolute Gasteiger partial charge is 0.464 e. The minimum atomic E-state index is -0.452. The molecule has 0 unspecified atom stereocenters. The number of imidazole rings is 1. The van der Waals surface area contributed by atoms with E-state index in [-0.39, 0.29) is 5.69 Å². The Balaban J connectivity index is 2.56. The van der Waals surface area contributed by atoms with E-state index in [0.29, 0.717) is 11.3 Å². The monoisotopic (exact) mass is 191 g/mol. The minimum absolute atomic E-state index is 0.276. The first kappa shape index (κ1) is 8.55. The van der Waals surface area contributed by atoms with E-state index in [1.54, 1.807) is 28.9 Å². The smallest absolute Gasteiger partial charge is 0.358 e. The molecule has 0 radical (unpaired) electrons. The molecule has 0 spiro atoms. The number of aromatic nitrogens is 2. The Morgan fingerprint density at radius 3 is 3.00 bits per heavy atom. The van der Waals surface area contributed by atoms with Crippen LogP contribution in [-0.2, 0) is 4.74 Å². The molecule has 0 amide bonds. The Kier molecular flexibility index (Phi) is 1.85. The number of anilines is 1. The summed E-state index contributed by atoms with van der Waals surface area (Å²) in [5.41, 5.74) is 7.14. The number of pyridine rings is 1. The number of esters is 1. The highest BCUT2D eigenvalue weighted by atomic mass is 16.5. The molecule has 14 heavy (non-hydrogen) atoms. The van der Waals surface area contributed by atoms with Crippen LogP contribution in [0, 0.1) is 0 Å². The Hall–Kier alpha value is -2.04. The molecule has 0 saturated heterocycles. The van der Waals surface area contributed by atoms with Crippen LogP contribution in [-0.4, -0.2) is 22.5 Å². The summed E-state index contributed by atoms with van der Waals surface area (Å²) in [5, 5.41) is 0. The summed E-state index contributed by atoms with van der Waals surface area (Å²) < 4.78 is 6.23. The van der Waals surface area contributed by atoms with Crippen molar-refractivity contribution in [2.45, 2.75) is 0 Å². The van der Waals surface area contributed by atoms with Gasteiger partial charge in [0, 0.05) is 18.1 Å². The first-order valence-corrected chi connectivity index (χ1v) is 4.03. The van der Waals surface area contributed by atoms with Crippen LogP contribution >= 0.6 is 0 Å². The van der Waals surface area contributed by atoms with E-state index >= 15 is 0 Å². The number of methoxy groups -OCH3 is 1. The van der Waals surface area contributed by atoms with Gasteiger partial charge in [0.15, 0.2) is 5.69 Å². The molecule has 0 fully saturated rings. The van der Waals surface area contributed by atoms with Gasteiger partial charge in [-0.2, -0.15) is 0 Å². The molecule has 2 aromatic rings. The number of carbonyl (C=O) groups excluding carboxylic acids is 1. The fourth-order valence-corrected chi connectivity index (χ4v) is 1.21. The first-order valence-electron chi connectivity index (χ1n) is 4.03. The average Bonchev–Trinajstić information content (AvgIpc) is 2.59. The van der Waals surface area contributed by atoms with Crippen molar-refractivity contribution in [2.24, 2.45) is 0 Å². The molecular weight excluding hydrogens is 182 g/mol. The summed E-state index contributed by atoms with van der Waals surface area (Å²) in [7, 11) is 1.32. The second-order valence-corrected chi connectivity index (χ2v) is 2.85. The molecule has 5 heteroatoms. The van der Waals surface area contributed by atoms with Gasteiger partial charge in [-0.05, 0) is 12.1 Å². The van der Waals surface area contributed by atoms with Crippen LogP contribution in [0.3, 0.4) is 0 Å². The van der Waals surface area contributed by atoms with Gasteiger partial charge in [0.1, 0.15) is 5.65 Å². The lowest BCUT2D eigenvalue weighted by molar-refractivity contribution is 0.0595. The predicted molar refractivity (Wildman–Crippen MR) is 50.9 cm³/mol. The predicted octanol–water partition coefficient (Wildman–Crippen LogP) is 0.703. The molecule has 0 aromatic carbocycles. The van der Waals surface area contributed by atoms with Crippen molar-refractivity contribution in [1.82, 2.24) is 9.38 Å². The van der Waals surface area contributed by atoms with E-state index in [2.05, 4.69) is 9.72 Å². The van der Waals surface area contributed by atoms with E-state index in [0.717, 1.165) is 0 Å². The summed E-state index contributed by atoms with van der Waals surface area (Å²) >= 11 is 0. The van der Waals surface area contributed by atoms with E-state index in [9.17, 15) is 4.79 Å².